The van der Waals surface area contributed by atoms with E-state index in [9.17, 15) is 8.78 Å². The van der Waals surface area contributed by atoms with Gasteiger partial charge in [-0.05, 0) is 18.1 Å². The molecule has 1 N–H and O–H groups in total. The number of aromatic nitrogens is 2. The van der Waals surface area contributed by atoms with E-state index in [0.29, 0.717) is 11.7 Å². The molecular formula is C12H13F2N3S. The third-order valence-electron chi connectivity index (χ3n) is 2.42. The minimum atomic E-state index is -2.43. The van der Waals surface area contributed by atoms with Gasteiger partial charge in [0.25, 0.3) is 6.43 Å². The quantitative estimate of drug-likeness (QED) is 0.900. The fourth-order valence-corrected chi connectivity index (χ4v) is 2.16. The molecular weight excluding hydrogens is 256 g/mol. The number of hydrogen-bond acceptors (Lipinski definition) is 4. The van der Waals surface area contributed by atoms with Crippen LogP contribution in [0.3, 0.4) is 0 Å². The largest absolute Gasteiger partial charge is 0.356 e. The molecule has 0 radical (unpaired) electrons. The zero-order valence-electron chi connectivity index (χ0n) is 9.86. The smallest absolute Gasteiger partial charge is 0.263 e. The van der Waals surface area contributed by atoms with Crippen molar-refractivity contribution in [1.82, 2.24) is 10.2 Å². The third kappa shape index (κ3) is 3.22. The van der Waals surface area contributed by atoms with E-state index in [0.717, 1.165) is 17.0 Å². The van der Waals surface area contributed by atoms with Gasteiger partial charge in [0.1, 0.15) is 5.01 Å². The molecule has 0 saturated heterocycles. The van der Waals surface area contributed by atoms with Crippen molar-refractivity contribution < 1.29 is 8.78 Å². The molecule has 0 aliphatic carbocycles. The van der Waals surface area contributed by atoms with Gasteiger partial charge < -0.3 is 5.32 Å². The Labute approximate surface area is 108 Å². The van der Waals surface area contributed by atoms with Crippen LogP contribution in [0.15, 0.2) is 24.3 Å². The topological polar surface area (TPSA) is 37.8 Å². The minimum Gasteiger partial charge on any atom is -0.356 e. The molecule has 0 atom stereocenters. The molecule has 2 rings (SSSR count). The summed E-state index contributed by atoms with van der Waals surface area (Å²) in [7, 11) is 0. The molecule has 0 fully saturated rings. The first-order valence-corrected chi connectivity index (χ1v) is 6.44. The lowest BCUT2D eigenvalue weighted by Crippen LogP contribution is -1.99. The van der Waals surface area contributed by atoms with Gasteiger partial charge in [-0.2, -0.15) is 0 Å². The molecule has 1 heterocycles. The number of alkyl halides is 2. The van der Waals surface area contributed by atoms with Gasteiger partial charge in [0.15, 0.2) is 0 Å². The molecule has 96 valence electrons. The van der Waals surface area contributed by atoms with Gasteiger partial charge in [-0.15, -0.1) is 10.2 Å². The van der Waals surface area contributed by atoms with Crippen LogP contribution in [0.1, 0.15) is 29.5 Å². The summed E-state index contributed by atoms with van der Waals surface area (Å²) in [5.74, 6) is 0. The van der Waals surface area contributed by atoms with Crippen molar-refractivity contribution in [2.24, 2.45) is 0 Å². The minimum absolute atomic E-state index is 0.0424. The Morgan fingerprint density at radius 3 is 2.83 bits per heavy atom. The summed E-state index contributed by atoms with van der Waals surface area (Å²) in [6, 6.07) is 6.37. The van der Waals surface area contributed by atoms with Gasteiger partial charge in [-0.3, -0.25) is 0 Å². The highest BCUT2D eigenvalue weighted by molar-refractivity contribution is 7.15. The van der Waals surface area contributed by atoms with Gasteiger partial charge in [0.05, 0.1) is 0 Å². The summed E-state index contributed by atoms with van der Waals surface area (Å²) in [5, 5.41) is 12.7. The number of nitrogens with one attached hydrogen (secondary N) is 1. The van der Waals surface area contributed by atoms with Crippen LogP contribution in [-0.4, -0.2) is 10.2 Å². The van der Waals surface area contributed by atoms with Crippen molar-refractivity contribution in [2.45, 2.75) is 26.3 Å². The lowest BCUT2D eigenvalue weighted by Gasteiger charge is -2.05. The van der Waals surface area contributed by atoms with E-state index >= 15 is 0 Å². The van der Waals surface area contributed by atoms with E-state index in [1.807, 2.05) is 6.92 Å². The number of anilines is 1. The number of halogens is 2. The number of hydrogen-bond donors (Lipinski definition) is 1. The molecule has 0 aliphatic rings. The lowest BCUT2D eigenvalue weighted by atomic mass is 10.1. The average Bonchev–Trinajstić information content (AvgIpc) is 2.84. The van der Waals surface area contributed by atoms with Crippen molar-refractivity contribution in [2.75, 3.05) is 5.32 Å². The Morgan fingerprint density at radius 2 is 2.17 bits per heavy atom. The van der Waals surface area contributed by atoms with Crippen molar-refractivity contribution in [3.8, 4) is 0 Å². The van der Waals surface area contributed by atoms with Crippen LogP contribution in [0.25, 0.3) is 0 Å². The zero-order valence-corrected chi connectivity index (χ0v) is 10.7. The van der Waals surface area contributed by atoms with Gasteiger partial charge in [-0.25, -0.2) is 8.78 Å². The first-order valence-electron chi connectivity index (χ1n) is 5.62. The average molecular weight is 269 g/mol. The summed E-state index contributed by atoms with van der Waals surface area (Å²) in [6.07, 6.45) is -1.58. The second kappa shape index (κ2) is 5.86. The van der Waals surface area contributed by atoms with Crippen LogP contribution >= 0.6 is 11.3 Å². The van der Waals surface area contributed by atoms with Gasteiger partial charge in [0.2, 0.25) is 5.13 Å². The molecule has 0 aliphatic heterocycles. The van der Waals surface area contributed by atoms with Crippen LogP contribution in [0.5, 0.6) is 0 Å². The molecule has 6 heteroatoms. The summed E-state index contributed by atoms with van der Waals surface area (Å²) >= 11 is 1.48. The monoisotopic (exact) mass is 269 g/mol. The van der Waals surface area contributed by atoms with E-state index in [4.69, 9.17) is 0 Å². The zero-order chi connectivity index (χ0) is 13.0. The van der Waals surface area contributed by atoms with Crippen LogP contribution < -0.4 is 5.32 Å². The third-order valence-corrected chi connectivity index (χ3v) is 3.44. The summed E-state index contributed by atoms with van der Waals surface area (Å²) in [4.78, 5) is 0. The maximum absolute atomic E-state index is 12.5. The van der Waals surface area contributed by atoms with E-state index in [-0.39, 0.29) is 5.56 Å². The van der Waals surface area contributed by atoms with Gasteiger partial charge >= 0.3 is 0 Å². The second-order valence-electron chi connectivity index (χ2n) is 3.75. The number of rotatable bonds is 5. The molecule has 3 nitrogen and oxygen atoms in total. The van der Waals surface area contributed by atoms with E-state index in [2.05, 4.69) is 15.5 Å². The molecule has 18 heavy (non-hydrogen) atoms. The Bertz CT molecular complexity index is 514. The van der Waals surface area contributed by atoms with Crippen LogP contribution in [0.4, 0.5) is 13.9 Å². The first-order chi connectivity index (χ1) is 8.69. The van der Waals surface area contributed by atoms with Crippen molar-refractivity contribution in [1.29, 1.82) is 0 Å². The standard InChI is InChI=1S/C12H13F2N3S/c1-2-10-16-17-12(18-10)15-7-8-4-3-5-9(6-8)11(13)14/h3-6,11H,2,7H2,1H3,(H,15,17). The number of aryl methyl sites for hydroxylation is 1. The maximum Gasteiger partial charge on any atom is 0.263 e. The van der Waals surface area contributed by atoms with Crippen molar-refractivity contribution >= 4 is 16.5 Å². The fourth-order valence-electron chi connectivity index (χ4n) is 1.48. The SMILES string of the molecule is CCc1nnc(NCc2cccc(C(F)F)c2)s1. The fraction of sp³-hybridized carbons (Fsp3) is 0.333. The van der Waals surface area contributed by atoms with Crippen LogP contribution in [0, 0.1) is 0 Å². The Kier molecular flexibility index (Phi) is 4.19. The molecule has 0 amide bonds. The normalized spacial score (nSPS) is 10.9. The van der Waals surface area contributed by atoms with E-state index in [1.165, 1.54) is 23.5 Å². The van der Waals surface area contributed by atoms with Gasteiger partial charge in [0, 0.05) is 12.1 Å². The molecule has 1 aromatic heterocycles. The maximum atomic E-state index is 12.5. The van der Waals surface area contributed by atoms with E-state index in [1.54, 1.807) is 12.1 Å². The Hall–Kier alpha value is -1.56. The Morgan fingerprint density at radius 1 is 1.33 bits per heavy atom. The highest BCUT2D eigenvalue weighted by Gasteiger charge is 2.07. The molecule has 0 saturated carbocycles. The summed E-state index contributed by atoms with van der Waals surface area (Å²) < 4.78 is 25.0. The van der Waals surface area contributed by atoms with Gasteiger partial charge in [-0.1, -0.05) is 36.5 Å². The predicted octanol–water partition coefficient (Wildman–Crippen LogP) is 3.65. The first kappa shape index (κ1) is 12.9. The molecule has 1 aromatic carbocycles. The Balaban J connectivity index is 1.99. The van der Waals surface area contributed by atoms with Crippen molar-refractivity contribution in [3.63, 3.8) is 0 Å². The molecule has 0 bridgehead atoms. The molecule has 0 spiro atoms. The summed E-state index contributed by atoms with van der Waals surface area (Å²) in [5.41, 5.74) is 0.849. The molecule has 2 aromatic rings. The number of benzene rings is 1. The highest BCUT2D eigenvalue weighted by atomic mass is 32.1. The highest BCUT2D eigenvalue weighted by Crippen LogP contribution is 2.21. The van der Waals surface area contributed by atoms with Crippen LogP contribution in [-0.2, 0) is 13.0 Å². The predicted molar refractivity (Wildman–Crippen MR) is 68.0 cm³/mol. The van der Waals surface area contributed by atoms with E-state index < -0.39 is 6.43 Å². The molecule has 0 unspecified atom stereocenters. The number of nitrogens with zero attached hydrogens (tertiary/aromatic N) is 2. The lowest BCUT2D eigenvalue weighted by molar-refractivity contribution is 0.151. The van der Waals surface area contributed by atoms with Crippen molar-refractivity contribution in [3.05, 3.63) is 40.4 Å². The summed E-state index contributed by atoms with van der Waals surface area (Å²) in [6.45, 7) is 2.48. The van der Waals surface area contributed by atoms with Crippen LogP contribution in [0.2, 0.25) is 0 Å². The second-order valence-corrected chi connectivity index (χ2v) is 4.82.